The SMILES string of the molecule is CO/N=C1/C(=C2/C(=O)Nc3cc(C)c(Cl)cc32)Nc2ccccc21. The van der Waals surface area contributed by atoms with Crippen LogP contribution >= 0.6 is 11.6 Å². The minimum Gasteiger partial charge on any atom is -0.399 e. The van der Waals surface area contributed by atoms with Gasteiger partial charge >= 0.3 is 0 Å². The lowest BCUT2D eigenvalue weighted by Gasteiger charge is -2.07. The fraction of sp³-hybridized carbons (Fsp3) is 0.111. The predicted octanol–water partition coefficient (Wildman–Crippen LogP) is 3.79. The van der Waals surface area contributed by atoms with E-state index in [9.17, 15) is 4.79 Å². The van der Waals surface area contributed by atoms with Gasteiger partial charge in [-0.2, -0.15) is 0 Å². The van der Waals surface area contributed by atoms with Crippen LogP contribution in [0.3, 0.4) is 0 Å². The number of carbonyl (C=O) groups excluding carboxylic acids is 1. The highest BCUT2D eigenvalue weighted by atomic mass is 35.5. The first-order valence-corrected chi connectivity index (χ1v) is 7.82. The third kappa shape index (κ3) is 2.09. The summed E-state index contributed by atoms with van der Waals surface area (Å²) in [6.45, 7) is 1.90. The van der Waals surface area contributed by atoms with E-state index in [0.29, 0.717) is 22.0 Å². The lowest BCUT2D eigenvalue weighted by molar-refractivity contribution is -0.110. The summed E-state index contributed by atoms with van der Waals surface area (Å²) in [6.07, 6.45) is 0. The van der Waals surface area contributed by atoms with Crippen LogP contribution in [-0.2, 0) is 9.63 Å². The Hall–Kier alpha value is -2.79. The topological polar surface area (TPSA) is 62.7 Å². The fourth-order valence-corrected chi connectivity index (χ4v) is 3.20. The van der Waals surface area contributed by atoms with Crippen molar-refractivity contribution in [3.8, 4) is 0 Å². The van der Waals surface area contributed by atoms with Crippen molar-refractivity contribution in [2.24, 2.45) is 5.16 Å². The summed E-state index contributed by atoms with van der Waals surface area (Å²) in [7, 11) is 1.49. The number of nitrogens with one attached hydrogen (secondary N) is 2. The number of rotatable bonds is 1. The lowest BCUT2D eigenvalue weighted by atomic mass is 10.0. The van der Waals surface area contributed by atoms with Gasteiger partial charge in [0.1, 0.15) is 12.8 Å². The average molecular weight is 340 g/mol. The van der Waals surface area contributed by atoms with Gasteiger partial charge in [0.05, 0.1) is 11.3 Å². The van der Waals surface area contributed by atoms with Crippen LogP contribution in [0.15, 0.2) is 47.3 Å². The number of allylic oxidation sites excluding steroid dienone is 1. The molecule has 0 radical (unpaired) electrons. The normalized spacial score (nSPS) is 19.8. The molecule has 5 nitrogen and oxygen atoms in total. The van der Waals surface area contributed by atoms with Crippen LogP contribution in [0.1, 0.15) is 16.7 Å². The average Bonchev–Trinajstić information content (AvgIpc) is 3.06. The highest BCUT2D eigenvalue weighted by Crippen LogP contribution is 2.40. The van der Waals surface area contributed by atoms with E-state index in [4.69, 9.17) is 16.4 Å². The number of halogens is 1. The molecule has 0 saturated heterocycles. The third-order valence-electron chi connectivity index (χ3n) is 4.15. The number of hydrogen-bond donors (Lipinski definition) is 2. The number of fused-ring (bicyclic) bond motifs is 2. The molecule has 0 aliphatic carbocycles. The monoisotopic (exact) mass is 339 g/mol. The minimum absolute atomic E-state index is 0.189. The molecule has 0 fully saturated rings. The molecule has 2 aromatic rings. The van der Waals surface area contributed by atoms with Crippen molar-refractivity contribution in [2.45, 2.75) is 6.92 Å². The lowest BCUT2D eigenvalue weighted by Crippen LogP contribution is -2.12. The second kappa shape index (κ2) is 5.39. The highest BCUT2D eigenvalue weighted by molar-refractivity contribution is 6.40. The molecule has 0 aromatic heterocycles. The third-order valence-corrected chi connectivity index (χ3v) is 4.56. The standard InChI is InChI=1S/C18H14ClN3O2/c1-9-7-14-11(8-12(9)19)15(18(23)21-14)17-16(22-24-2)10-5-3-4-6-13(10)20-17/h3-8,20H,1-2H3,(H,21,23)/b17-15-,22-16+. The first kappa shape index (κ1) is 14.8. The molecular weight excluding hydrogens is 326 g/mol. The van der Waals surface area contributed by atoms with Crippen LogP contribution < -0.4 is 10.6 Å². The van der Waals surface area contributed by atoms with Gasteiger partial charge in [-0.3, -0.25) is 4.79 Å². The zero-order valence-corrected chi connectivity index (χ0v) is 13.9. The van der Waals surface area contributed by atoms with Crippen molar-refractivity contribution in [3.63, 3.8) is 0 Å². The van der Waals surface area contributed by atoms with Gasteiger partial charge in [-0.15, -0.1) is 0 Å². The number of carbonyl (C=O) groups is 1. The number of para-hydroxylation sites is 1. The summed E-state index contributed by atoms with van der Waals surface area (Å²) in [6, 6.07) is 11.4. The zero-order valence-electron chi connectivity index (χ0n) is 13.1. The summed E-state index contributed by atoms with van der Waals surface area (Å²) >= 11 is 6.26. The molecule has 0 saturated carbocycles. The first-order chi connectivity index (χ1) is 11.6. The van der Waals surface area contributed by atoms with E-state index in [0.717, 1.165) is 28.1 Å². The molecule has 4 rings (SSSR count). The van der Waals surface area contributed by atoms with E-state index < -0.39 is 0 Å². The van der Waals surface area contributed by atoms with Gasteiger partial charge in [-0.05, 0) is 30.7 Å². The maximum Gasteiger partial charge on any atom is 0.258 e. The second-order valence-electron chi connectivity index (χ2n) is 5.64. The van der Waals surface area contributed by atoms with E-state index in [2.05, 4.69) is 15.8 Å². The molecule has 2 N–H and O–H groups in total. The largest absolute Gasteiger partial charge is 0.399 e. The van der Waals surface area contributed by atoms with Crippen molar-refractivity contribution in [2.75, 3.05) is 17.7 Å². The van der Waals surface area contributed by atoms with E-state index in [1.54, 1.807) is 0 Å². The molecule has 2 aromatic carbocycles. The number of benzene rings is 2. The number of hydrogen-bond acceptors (Lipinski definition) is 4. The highest BCUT2D eigenvalue weighted by Gasteiger charge is 2.34. The first-order valence-electron chi connectivity index (χ1n) is 7.44. The zero-order chi connectivity index (χ0) is 16.8. The molecule has 120 valence electrons. The maximum atomic E-state index is 12.6. The number of anilines is 2. The molecule has 2 aliphatic heterocycles. The van der Waals surface area contributed by atoms with Gasteiger partial charge in [0.15, 0.2) is 0 Å². The molecule has 6 heteroatoms. The van der Waals surface area contributed by atoms with Crippen LogP contribution in [0.5, 0.6) is 0 Å². The Morgan fingerprint density at radius 3 is 2.67 bits per heavy atom. The number of amides is 1. The van der Waals surface area contributed by atoms with Gasteiger partial charge in [-0.1, -0.05) is 35.0 Å². The summed E-state index contributed by atoms with van der Waals surface area (Å²) in [5.41, 5.74) is 5.93. The van der Waals surface area contributed by atoms with Crippen molar-refractivity contribution in [1.29, 1.82) is 0 Å². The number of nitrogens with zero attached hydrogens (tertiary/aromatic N) is 1. The van der Waals surface area contributed by atoms with Gasteiger partial charge in [0, 0.05) is 27.5 Å². The molecule has 0 spiro atoms. The van der Waals surface area contributed by atoms with E-state index in [-0.39, 0.29) is 5.91 Å². The second-order valence-corrected chi connectivity index (χ2v) is 6.05. The molecular formula is C18H14ClN3O2. The predicted molar refractivity (Wildman–Crippen MR) is 95.3 cm³/mol. The molecule has 1 amide bonds. The van der Waals surface area contributed by atoms with Crippen LogP contribution in [0.25, 0.3) is 5.57 Å². The van der Waals surface area contributed by atoms with Crippen LogP contribution in [-0.4, -0.2) is 18.7 Å². The van der Waals surface area contributed by atoms with Crippen molar-refractivity contribution < 1.29 is 9.63 Å². The molecule has 2 aliphatic rings. The quantitative estimate of drug-likeness (QED) is 0.614. The van der Waals surface area contributed by atoms with Crippen molar-refractivity contribution in [1.82, 2.24) is 0 Å². The Labute approximate surface area is 144 Å². The maximum absolute atomic E-state index is 12.6. The Balaban J connectivity index is 1.97. The molecule has 2 heterocycles. The Morgan fingerprint density at radius 2 is 1.88 bits per heavy atom. The van der Waals surface area contributed by atoms with Gasteiger partial charge < -0.3 is 15.5 Å². The fourth-order valence-electron chi connectivity index (χ4n) is 3.04. The van der Waals surface area contributed by atoms with Crippen molar-refractivity contribution >= 4 is 40.2 Å². The molecule has 24 heavy (non-hydrogen) atoms. The van der Waals surface area contributed by atoms with Crippen molar-refractivity contribution in [3.05, 3.63) is 63.8 Å². The minimum atomic E-state index is -0.189. The summed E-state index contributed by atoms with van der Waals surface area (Å²) in [5.74, 6) is -0.189. The van der Waals surface area contributed by atoms with E-state index in [1.807, 2.05) is 43.3 Å². The summed E-state index contributed by atoms with van der Waals surface area (Å²) < 4.78 is 0. The smallest absolute Gasteiger partial charge is 0.258 e. The van der Waals surface area contributed by atoms with Crippen LogP contribution in [0, 0.1) is 6.92 Å². The summed E-state index contributed by atoms with van der Waals surface area (Å²) in [5, 5.41) is 10.9. The number of oxime groups is 1. The Kier molecular flexibility index (Phi) is 3.32. The van der Waals surface area contributed by atoms with Crippen LogP contribution in [0.2, 0.25) is 5.02 Å². The van der Waals surface area contributed by atoms with Gasteiger partial charge in [-0.25, -0.2) is 0 Å². The van der Waals surface area contributed by atoms with Crippen LogP contribution in [0.4, 0.5) is 11.4 Å². The molecule has 0 atom stereocenters. The van der Waals surface area contributed by atoms with E-state index in [1.165, 1.54) is 7.11 Å². The number of aryl methyl sites for hydroxylation is 1. The molecule has 0 bridgehead atoms. The summed E-state index contributed by atoms with van der Waals surface area (Å²) in [4.78, 5) is 17.6. The van der Waals surface area contributed by atoms with Gasteiger partial charge in [0.2, 0.25) is 0 Å². The van der Waals surface area contributed by atoms with Gasteiger partial charge in [0.25, 0.3) is 5.91 Å². The Morgan fingerprint density at radius 1 is 1.08 bits per heavy atom. The Bertz CT molecular complexity index is 947. The molecule has 0 unspecified atom stereocenters. The van der Waals surface area contributed by atoms with E-state index >= 15 is 0 Å².